The molecule has 0 unspecified atom stereocenters. The Morgan fingerprint density at radius 2 is 1.78 bits per heavy atom. The molecule has 0 saturated carbocycles. The highest BCUT2D eigenvalue weighted by Gasteiger charge is 2.32. The largest absolute Gasteiger partial charge is 0.487 e. The predicted molar refractivity (Wildman–Crippen MR) is 85.2 cm³/mol. The number of aliphatic hydroxyl groups is 1. The van der Waals surface area contributed by atoms with Crippen molar-refractivity contribution in [1.82, 2.24) is 0 Å². The first-order valence-corrected chi connectivity index (χ1v) is 7.53. The van der Waals surface area contributed by atoms with Gasteiger partial charge < -0.3 is 14.6 Å². The number of carbonyl (C=O) groups excluding carboxylic acids is 1. The highest BCUT2D eigenvalue weighted by molar-refractivity contribution is 5.82. The summed E-state index contributed by atoms with van der Waals surface area (Å²) in [5.41, 5.74) is 1.81. The molecule has 1 fully saturated rings. The van der Waals surface area contributed by atoms with Crippen LogP contribution in [0.25, 0.3) is 0 Å². The number of ether oxygens (including phenoxy) is 2. The number of esters is 1. The lowest BCUT2D eigenvalue weighted by molar-refractivity contribution is -0.139. The predicted octanol–water partition coefficient (Wildman–Crippen LogP) is 3.14. The Hall–Kier alpha value is -2.59. The van der Waals surface area contributed by atoms with Gasteiger partial charge in [-0.1, -0.05) is 60.7 Å². The fourth-order valence-electron chi connectivity index (χ4n) is 2.53. The lowest BCUT2D eigenvalue weighted by Crippen LogP contribution is -2.11. The van der Waals surface area contributed by atoms with Gasteiger partial charge in [-0.25, -0.2) is 4.79 Å². The van der Waals surface area contributed by atoms with Crippen LogP contribution in [0.4, 0.5) is 0 Å². The monoisotopic (exact) mass is 310 g/mol. The van der Waals surface area contributed by atoms with E-state index >= 15 is 0 Å². The zero-order valence-corrected chi connectivity index (χ0v) is 12.6. The van der Waals surface area contributed by atoms with Crippen molar-refractivity contribution in [3.8, 4) is 0 Å². The molecular formula is C19H18O4. The Bertz CT molecular complexity index is 679. The summed E-state index contributed by atoms with van der Waals surface area (Å²) < 4.78 is 10.9. The minimum absolute atomic E-state index is 0.216. The summed E-state index contributed by atoms with van der Waals surface area (Å²) in [5.74, 6) is -0.0193. The van der Waals surface area contributed by atoms with Crippen LogP contribution in [0.5, 0.6) is 0 Å². The van der Waals surface area contributed by atoms with Crippen molar-refractivity contribution in [1.29, 1.82) is 0 Å². The van der Waals surface area contributed by atoms with Crippen molar-refractivity contribution in [2.75, 3.05) is 0 Å². The van der Waals surface area contributed by atoms with Gasteiger partial charge in [0.15, 0.2) is 0 Å². The second-order valence-corrected chi connectivity index (χ2v) is 5.42. The van der Waals surface area contributed by atoms with Gasteiger partial charge in [0.05, 0.1) is 6.08 Å². The molecular weight excluding hydrogens is 292 g/mol. The average molecular weight is 310 g/mol. The molecule has 1 aliphatic rings. The van der Waals surface area contributed by atoms with Gasteiger partial charge in [0.1, 0.15) is 24.6 Å². The van der Waals surface area contributed by atoms with Crippen LogP contribution in [-0.4, -0.2) is 17.2 Å². The zero-order chi connectivity index (χ0) is 16.1. The third-order valence-electron chi connectivity index (χ3n) is 3.67. The molecule has 0 amide bonds. The van der Waals surface area contributed by atoms with Crippen molar-refractivity contribution >= 4 is 5.97 Å². The smallest absolute Gasteiger partial charge is 0.334 e. The van der Waals surface area contributed by atoms with Crippen molar-refractivity contribution in [3.63, 3.8) is 0 Å². The number of hydrogen-bond acceptors (Lipinski definition) is 4. The molecule has 1 aliphatic heterocycles. The van der Waals surface area contributed by atoms with Crippen LogP contribution in [0.2, 0.25) is 0 Å². The van der Waals surface area contributed by atoms with Crippen LogP contribution < -0.4 is 0 Å². The Kier molecular flexibility index (Phi) is 4.74. The van der Waals surface area contributed by atoms with Crippen LogP contribution in [0.1, 0.15) is 23.7 Å². The minimum Gasteiger partial charge on any atom is -0.487 e. The van der Waals surface area contributed by atoms with E-state index in [0.717, 1.165) is 11.1 Å². The normalized spacial score (nSPS) is 21.9. The Labute approximate surface area is 135 Å². The van der Waals surface area contributed by atoms with Crippen molar-refractivity contribution < 1.29 is 19.4 Å². The number of carbonyl (C=O) groups is 1. The number of aliphatic hydroxyl groups excluding tert-OH is 1. The molecule has 1 saturated heterocycles. The van der Waals surface area contributed by atoms with Crippen molar-refractivity contribution in [2.24, 2.45) is 0 Å². The first kappa shape index (κ1) is 15.3. The van der Waals surface area contributed by atoms with E-state index in [2.05, 4.69) is 0 Å². The van der Waals surface area contributed by atoms with E-state index in [4.69, 9.17) is 9.47 Å². The highest BCUT2D eigenvalue weighted by atomic mass is 16.5. The maximum atomic E-state index is 11.9. The van der Waals surface area contributed by atoms with Crippen LogP contribution in [0, 0.1) is 0 Å². The van der Waals surface area contributed by atoms with Crippen LogP contribution in [-0.2, 0) is 20.9 Å². The fraction of sp³-hybridized carbons (Fsp3) is 0.211. The van der Waals surface area contributed by atoms with Crippen LogP contribution in [0.15, 0.2) is 72.5 Å². The van der Waals surface area contributed by atoms with Gasteiger partial charge in [-0.15, -0.1) is 0 Å². The summed E-state index contributed by atoms with van der Waals surface area (Å²) in [6.45, 7) is 0.216. The van der Waals surface area contributed by atoms with E-state index in [0.29, 0.717) is 12.2 Å². The first-order valence-electron chi connectivity index (χ1n) is 7.53. The highest BCUT2D eigenvalue weighted by Crippen LogP contribution is 2.35. The molecule has 2 atom stereocenters. The van der Waals surface area contributed by atoms with Gasteiger partial charge >= 0.3 is 5.97 Å². The molecule has 118 valence electrons. The fourth-order valence-corrected chi connectivity index (χ4v) is 2.53. The van der Waals surface area contributed by atoms with E-state index in [1.54, 1.807) is 0 Å². The third-order valence-corrected chi connectivity index (χ3v) is 3.67. The van der Waals surface area contributed by atoms with E-state index in [1.807, 2.05) is 60.7 Å². The molecule has 4 heteroatoms. The Morgan fingerprint density at radius 1 is 1.13 bits per heavy atom. The molecule has 0 spiro atoms. The van der Waals surface area contributed by atoms with Gasteiger partial charge in [0.25, 0.3) is 0 Å². The standard InChI is InChI=1S/C19H18O4/c20-17-11-16(23-19(17)15-9-5-2-6-10-15)12-18(21)22-13-14-7-3-1-4-8-14/h1-10,12,17,19-20H,11,13H2/b16-12+/t17-,19-/m0/s1. The first-order chi connectivity index (χ1) is 11.2. The van der Waals surface area contributed by atoms with Crippen molar-refractivity contribution in [3.05, 3.63) is 83.6 Å². The molecule has 0 radical (unpaired) electrons. The van der Waals surface area contributed by atoms with Gasteiger partial charge in [0.2, 0.25) is 0 Å². The molecule has 1 heterocycles. The van der Waals surface area contributed by atoms with E-state index in [9.17, 15) is 9.90 Å². The molecule has 2 aromatic carbocycles. The molecule has 1 N–H and O–H groups in total. The molecule has 0 aliphatic carbocycles. The zero-order valence-electron chi connectivity index (χ0n) is 12.6. The molecule has 0 bridgehead atoms. The molecule has 4 nitrogen and oxygen atoms in total. The minimum atomic E-state index is -0.662. The molecule has 0 aromatic heterocycles. The number of benzene rings is 2. The van der Waals surface area contributed by atoms with Gasteiger partial charge in [-0.2, -0.15) is 0 Å². The maximum absolute atomic E-state index is 11.9. The molecule has 23 heavy (non-hydrogen) atoms. The second kappa shape index (κ2) is 7.11. The summed E-state index contributed by atoms with van der Waals surface area (Å²) in [6, 6.07) is 18.9. The van der Waals surface area contributed by atoms with Gasteiger partial charge in [0, 0.05) is 6.42 Å². The Morgan fingerprint density at radius 3 is 2.48 bits per heavy atom. The molecule has 3 rings (SSSR count). The summed E-state index contributed by atoms with van der Waals surface area (Å²) in [4.78, 5) is 11.9. The second-order valence-electron chi connectivity index (χ2n) is 5.42. The lowest BCUT2D eigenvalue weighted by atomic mass is 10.0. The topological polar surface area (TPSA) is 55.8 Å². The van der Waals surface area contributed by atoms with E-state index in [-0.39, 0.29) is 6.61 Å². The molecule has 2 aromatic rings. The Balaban J connectivity index is 1.59. The summed E-state index contributed by atoms with van der Waals surface area (Å²) >= 11 is 0. The average Bonchev–Trinajstić information content (AvgIpc) is 2.95. The quantitative estimate of drug-likeness (QED) is 0.696. The van der Waals surface area contributed by atoms with Gasteiger partial charge in [-0.3, -0.25) is 0 Å². The number of rotatable bonds is 4. The lowest BCUT2D eigenvalue weighted by Gasteiger charge is -2.13. The third kappa shape index (κ3) is 3.99. The maximum Gasteiger partial charge on any atom is 0.334 e. The number of hydrogen-bond donors (Lipinski definition) is 1. The van der Waals surface area contributed by atoms with Crippen molar-refractivity contribution in [2.45, 2.75) is 25.2 Å². The van der Waals surface area contributed by atoms with Crippen LogP contribution in [0.3, 0.4) is 0 Å². The van der Waals surface area contributed by atoms with Gasteiger partial charge in [-0.05, 0) is 11.1 Å². The van der Waals surface area contributed by atoms with E-state index in [1.165, 1.54) is 6.08 Å². The van der Waals surface area contributed by atoms with E-state index < -0.39 is 18.2 Å². The SMILES string of the molecule is O=C(/C=C1\C[C@H](O)[C@H](c2ccccc2)O1)OCc1ccccc1. The summed E-state index contributed by atoms with van der Waals surface area (Å²) in [5, 5.41) is 10.1. The summed E-state index contributed by atoms with van der Waals surface area (Å²) in [7, 11) is 0. The van der Waals surface area contributed by atoms with Crippen LogP contribution >= 0.6 is 0 Å². The summed E-state index contributed by atoms with van der Waals surface area (Å²) in [6.07, 6.45) is 0.518.